The molecule has 3 unspecified atom stereocenters. The smallest absolute Gasteiger partial charge is 0.216 e. The Bertz CT molecular complexity index is 127. The Labute approximate surface area is 59.1 Å². The molecule has 1 heterocycles. The molecule has 0 saturated carbocycles. The van der Waals surface area contributed by atoms with Crippen LogP contribution in [0.25, 0.3) is 0 Å². The van der Waals surface area contributed by atoms with Gasteiger partial charge in [0.2, 0.25) is 5.79 Å². The molecule has 4 heteroatoms. The van der Waals surface area contributed by atoms with Gasteiger partial charge in [-0.25, -0.2) is 0 Å². The molecule has 0 spiro atoms. The Balaban J connectivity index is 2.61. The monoisotopic (exact) mass is 148 g/mol. The summed E-state index contributed by atoms with van der Waals surface area (Å²) < 4.78 is 4.87. The Morgan fingerprint density at radius 2 is 2.30 bits per heavy atom. The van der Waals surface area contributed by atoms with E-state index in [-0.39, 0.29) is 6.10 Å². The molecule has 0 bridgehead atoms. The summed E-state index contributed by atoms with van der Waals surface area (Å²) >= 11 is 0. The summed E-state index contributed by atoms with van der Waals surface area (Å²) in [5, 5.41) is 26.9. The molecular weight excluding hydrogens is 136 g/mol. The number of rotatable bonds is 1. The van der Waals surface area contributed by atoms with Gasteiger partial charge in [0.15, 0.2) is 0 Å². The maximum atomic E-state index is 9.22. The summed E-state index contributed by atoms with van der Waals surface area (Å²) in [5.41, 5.74) is 0. The van der Waals surface area contributed by atoms with Crippen LogP contribution in [-0.2, 0) is 4.74 Å². The molecule has 0 aromatic heterocycles. The van der Waals surface area contributed by atoms with E-state index in [0.29, 0.717) is 6.42 Å². The highest BCUT2D eigenvalue weighted by atomic mass is 16.7. The normalized spacial score (nSPS) is 48.0. The largest absolute Gasteiger partial charge is 0.391 e. The topological polar surface area (TPSA) is 69.9 Å². The molecule has 10 heavy (non-hydrogen) atoms. The van der Waals surface area contributed by atoms with Crippen molar-refractivity contribution in [2.75, 3.05) is 6.61 Å². The van der Waals surface area contributed by atoms with E-state index in [0.717, 1.165) is 0 Å². The van der Waals surface area contributed by atoms with Crippen molar-refractivity contribution in [1.82, 2.24) is 0 Å². The van der Waals surface area contributed by atoms with Crippen molar-refractivity contribution in [2.24, 2.45) is 0 Å². The van der Waals surface area contributed by atoms with E-state index in [9.17, 15) is 5.11 Å². The maximum absolute atomic E-state index is 9.22. The molecule has 0 radical (unpaired) electrons. The van der Waals surface area contributed by atoms with Crippen molar-refractivity contribution in [3.8, 4) is 0 Å². The van der Waals surface area contributed by atoms with Crippen LogP contribution in [0.3, 0.4) is 0 Å². The highest BCUT2D eigenvalue weighted by molar-refractivity contribution is 4.85. The number of hydrogen-bond donors (Lipinski definition) is 3. The van der Waals surface area contributed by atoms with Gasteiger partial charge in [0.1, 0.15) is 6.10 Å². The molecule has 0 amide bonds. The van der Waals surface area contributed by atoms with Crippen molar-refractivity contribution in [3.63, 3.8) is 0 Å². The van der Waals surface area contributed by atoms with Gasteiger partial charge in [0.05, 0.1) is 12.7 Å². The predicted octanol–water partition coefficient (Wildman–Crippen LogP) is -1.16. The number of hydrogen-bond acceptors (Lipinski definition) is 4. The van der Waals surface area contributed by atoms with Crippen molar-refractivity contribution in [2.45, 2.75) is 31.3 Å². The summed E-state index contributed by atoms with van der Waals surface area (Å²) in [6.07, 6.45) is -0.781. The minimum atomic E-state index is -1.72. The molecule has 1 aliphatic heterocycles. The lowest BCUT2D eigenvalue weighted by molar-refractivity contribution is -0.243. The average Bonchev–Trinajstić information content (AvgIpc) is 2.09. The second kappa shape index (κ2) is 2.47. The standard InChI is InChI=1S/C6H12O4/c1-4-2-5(8)6(9,3-7)10-4/h4-5,7-9H,2-3H2,1H3. The summed E-state index contributed by atoms with van der Waals surface area (Å²) in [7, 11) is 0. The Morgan fingerprint density at radius 1 is 1.70 bits per heavy atom. The summed E-state index contributed by atoms with van der Waals surface area (Å²) in [5.74, 6) is -1.72. The van der Waals surface area contributed by atoms with Gasteiger partial charge in [-0.05, 0) is 6.92 Å². The second-order valence-corrected chi connectivity index (χ2v) is 2.68. The van der Waals surface area contributed by atoms with Crippen molar-refractivity contribution in [1.29, 1.82) is 0 Å². The third-order valence-corrected chi connectivity index (χ3v) is 1.71. The number of aliphatic hydroxyl groups is 3. The van der Waals surface area contributed by atoms with Crippen molar-refractivity contribution in [3.05, 3.63) is 0 Å². The van der Waals surface area contributed by atoms with Gasteiger partial charge in [-0.3, -0.25) is 0 Å². The van der Waals surface area contributed by atoms with Gasteiger partial charge in [-0.15, -0.1) is 0 Å². The first-order chi connectivity index (χ1) is 4.58. The molecule has 4 nitrogen and oxygen atoms in total. The molecule has 0 aromatic carbocycles. The van der Waals surface area contributed by atoms with Crippen LogP contribution in [0.15, 0.2) is 0 Å². The van der Waals surface area contributed by atoms with E-state index >= 15 is 0 Å². The van der Waals surface area contributed by atoms with Crippen LogP contribution in [0.1, 0.15) is 13.3 Å². The molecule has 3 N–H and O–H groups in total. The average molecular weight is 148 g/mol. The van der Waals surface area contributed by atoms with Gasteiger partial charge in [0.25, 0.3) is 0 Å². The van der Waals surface area contributed by atoms with Crippen LogP contribution in [0.5, 0.6) is 0 Å². The van der Waals surface area contributed by atoms with Gasteiger partial charge < -0.3 is 20.1 Å². The third kappa shape index (κ3) is 1.15. The number of aliphatic hydroxyl groups excluding tert-OH is 2. The lowest BCUT2D eigenvalue weighted by Crippen LogP contribution is -2.42. The lowest BCUT2D eigenvalue weighted by atomic mass is 10.1. The van der Waals surface area contributed by atoms with Gasteiger partial charge >= 0.3 is 0 Å². The Morgan fingerprint density at radius 3 is 2.50 bits per heavy atom. The summed E-state index contributed by atoms with van der Waals surface area (Å²) in [6.45, 7) is 1.18. The van der Waals surface area contributed by atoms with Gasteiger partial charge in [-0.1, -0.05) is 0 Å². The van der Waals surface area contributed by atoms with Crippen LogP contribution < -0.4 is 0 Å². The SMILES string of the molecule is CC1CC(O)C(O)(CO)O1. The van der Waals surface area contributed by atoms with Crippen LogP contribution in [0.2, 0.25) is 0 Å². The second-order valence-electron chi connectivity index (χ2n) is 2.68. The molecule has 3 atom stereocenters. The molecule has 1 aliphatic rings. The summed E-state index contributed by atoms with van der Waals surface area (Å²) in [6, 6.07) is 0. The minimum absolute atomic E-state index is 0.188. The van der Waals surface area contributed by atoms with Crippen molar-refractivity contribution >= 4 is 0 Å². The Hall–Kier alpha value is -0.160. The fraction of sp³-hybridized carbons (Fsp3) is 1.00. The van der Waals surface area contributed by atoms with Crippen LogP contribution in [0, 0.1) is 0 Å². The fourth-order valence-electron chi connectivity index (χ4n) is 1.12. The molecule has 60 valence electrons. The van der Waals surface area contributed by atoms with E-state index < -0.39 is 18.5 Å². The van der Waals surface area contributed by atoms with Crippen LogP contribution in [0.4, 0.5) is 0 Å². The van der Waals surface area contributed by atoms with Crippen molar-refractivity contribution < 1.29 is 20.1 Å². The zero-order valence-electron chi connectivity index (χ0n) is 5.82. The van der Waals surface area contributed by atoms with E-state index in [4.69, 9.17) is 14.9 Å². The van der Waals surface area contributed by atoms with E-state index in [1.54, 1.807) is 6.92 Å². The van der Waals surface area contributed by atoms with E-state index in [2.05, 4.69) is 0 Å². The van der Waals surface area contributed by atoms with E-state index in [1.807, 2.05) is 0 Å². The fourth-order valence-corrected chi connectivity index (χ4v) is 1.12. The van der Waals surface area contributed by atoms with Crippen LogP contribution in [-0.4, -0.2) is 39.9 Å². The lowest BCUT2D eigenvalue weighted by Gasteiger charge is -2.22. The third-order valence-electron chi connectivity index (χ3n) is 1.71. The highest BCUT2D eigenvalue weighted by Gasteiger charge is 2.44. The molecular formula is C6H12O4. The quantitative estimate of drug-likeness (QED) is 0.438. The maximum Gasteiger partial charge on any atom is 0.216 e. The highest BCUT2D eigenvalue weighted by Crippen LogP contribution is 2.27. The molecule has 1 rings (SSSR count). The molecule has 0 aliphatic carbocycles. The van der Waals surface area contributed by atoms with Gasteiger partial charge in [0, 0.05) is 6.42 Å². The molecule has 1 fully saturated rings. The first-order valence-corrected chi connectivity index (χ1v) is 3.27. The van der Waals surface area contributed by atoms with Crippen LogP contribution >= 0.6 is 0 Å². The Kier molecular flexibility index (Phi) is 1.96. The first-order valence-electron chi connectivity index (χ1n) is 3.27. The first kappa shape index (κ1) is 7.94. The van der Waals surface area contributed by atoms with Gasteiger partial charge in [-0.2, -0.15) is 0 Å². The zero-order chi connectivity index (χ0) is 7.78. The summed E-state index contributed by atoms with van der Waals surface area (Å²) in [4.78, 5) is 0. The predicted molar refractivity (Wildman–Crippen MR) is 33.2 cm³/mol. The molecule has 1 saturated heterocycles. The minimum Gasteiger partial charge on any atom is -0.391 e. The van der Waals surface area contributed by atoms with E-state index in [1.165, 1.54) is 0 Å². The number of ether oxygens (including phenoxy) is 1. The molecule has 0 aromatic rings. The zero-order valence-corrected chi connectivity index (χ0v) is 5.82.